The van der Waals surface area contributed by atoms with Crippen LogP contribution in [0.3, 0.4) is 0 Å². The van der Waals surface area contributed by atoms with Gasteiger partial charge in [0.05, 0.1) is 11.9 Å². The molecule has 0 atom stereocenters. The van der Waals surface area contributed by atoms with Crippen LogP contribution in [0.1, 0.15) is 0 Å². The molecule has 0 spiro atoms. The van der Waals surface area contributed by atoms with E-state index in [0.29, 0.717) is 0 Å². The van der Waals surface area contributed by atoms with E-state index in [4.69, 9.17) is 0 Å². The molecule has 3 heteroatoms. The molecular formula is C6H5N3. The average molecular weight is 119 g/mol. The van der Waals surface area contributed by atoms with Gasteiger partial charge in [-0.2, -0.15) is 5.10 Å². The fourth-order valence-electron chi connectivity index (χ4n) is 0.780. The maximum Gasteiger partial charge on any atom is 0.111 e. The number of hydrogen-bond donors (Lipinski definition) is 1. The molecule has 2 heterocycles. The van der Waals surface area contributed by atoms with Gasteiger partial charge < -0.3 is 4.98 Å². The molecule has 0 unspecified atom stereocenters. The lowest BCUT2D eigenvalue weighted by atomic mass is 10.3. The minimum atomic E-state index is 0.914. The van der Waals surface area contributed by atoms with E-state index in [0.717, 1.165) is 11.4 Å². The van der Waals surface area contributed by atoms with Crippen LogP contribution in [0, 0.1) is 0 Å². The van der Waals surface area contributed by atoms with Crippen LogP contribution < -0.4 is 0 Å². The first-order chi connectivity index (χ1) is 4.47. The fourth-order valence-corrected chi connectivity index (χ4v) is 0.780. The monoisotopic (exact) mass is 119 g/mol. The normalized spacial score (nSPS) is 10.2. The molecule has 3 nitrogen and oxygen atoms in total. The summed E-state index contributed by atoms with van der Waals surface area (Å²) in [6, 6.07) is 3.82. The van der Waals surface area contributed by atoms with E-state index < -0.39 is 0 Å². The molecule has 2 aliphatic rings. The molecule has 0 aromatic rings. The van der Waals surface area contributed by atoms with Crippen molar-refractivity contribution in [1.82, 2.24) is 15.2 Å². The lowest BCUT2D eigenvalue weighted by Gasteiger charge is -1.89. The third-order valence-corrected chi connectivity index (χ3v) is 1.22. The van der Waals surface area contributed by atoms with Crippen LogP contribution in [-0.2, 0) is 0 Å². The summed E-state index contributed by atoms with van der Waals surface area (Å²) in [6.45, 7) is 0. The Kier molecular flexibility index (Phi) is 0.773. The zero-order valence-electron chi connectivity index (χ0n) is 4.70. The highest BCUT2D eigenvalue weighted by Gasteiger charge is 1.99. The van der Waals surface area contributed by atoms with Gasteiger partial charge >= 0.3 is 0 Å². The number of nitrogens with zero attached hydrogens (tertiary/aromatic N) is 2. The quantitative estimate of drug-likeness (QED) is 0.560. The van der Waals surface area contributed by atoms with Crippen molar-refractivity contribution in [2.75, 3.05) is 0 Å². The topological polar surface area (TPSA) is 41.6 Å². The van der Waals surface area contributed by atoms with Crippen molar-refractivity contribution in [3.63, 3.8) is 0 Å². The summed E-state index contributed by atoms with van der Waals surface area (Å²) >= 11 is 0. The summed E-state index contributed by atoms with van der Waals surface area (Å²) in [7, 11) is 0. The molecule has 0 aromatic heterocycles. The Balaban J connectivity index is 2.79. The molecule has 0 amide bonds. The lowest BCUT2D eigenvalue weighted by Crippen LogP contribution is -1.77. The molecule has 0 aliphatic carbocycles. The highest BCUT2D eigenvalue weighted by molar-refractivity contribution is 5.52. The smallest absolute Gasteiger partial charge is 0.111 e. The molecule has 1 N–H and O–H groups in total. The van der Waals surface area contributed by atoms with E-state index in [9.17, 15) is 0 Å². The highest BCUT2D eigenvalue weighted by atomic mass is 15.1. The maximum absolute atomic E-state index is 3.84. The van der Waals surface area contributed by atoms with Crippen molar-refractivity contribution in [3.8, 4) is 11.4 Å². The minimum absolute atomic E-state index is 0.914. The molecule has 0 fully saturated rings. The van der Waals surface area contributed by atoms with Gasteiger partial charge in [0.1, 0.15) is 5.69 Å². The second-order valence-corrected chi connectivity index (χ2v) is 1.81. The van der Waals surface area contributed by atoms with Gasteiger partial charge in [0.2, 0.25) is 0 Å². The van der Waals surface area contributed by atoms with Crippen molar-refractivity contribution in [2.45, 2.75) is 0 Å². The standard InChI is InChI=1S/C6H5N3/c1-2-5-6(7-3-1)4-8-9-5/h1-4,7H. The van der Waals surface area contributed by atoms with Crippen molar-refractivity contribution in [1.29, 1.82) is 0 Å². The van der Waals surface area contributed by atoms with Crippen molar-refractivity contribution < 1.29 is 0 Å². The summed E-state index contributed by atoms with van der Waals surface area (Å²) in [5.41, 5.74) is 1.90. The van der Waals surface area contributed by atoms with E-state index in [1.807, 2.05) is 18.3 Å². The molecule has 0 aromatic carbocycles. The van der Waals surface area contributed by atoms with Gasteiger partial charge in [-0.25, -0.2) is 0 Å². The van der Waals surface area contributed by atoms with Gasteiger partial charge in [0.25, 0.3) is 0 Å². The number of pyridine rings is 1. The summed E-state index contributed by atoms with van der Waals surface area (Å²) in [5.74, 6) is 0. The first kappa shape index (κ1) is 4.49. The third-order valence-electron chi connectivity index (χ3n) is 1.22. The second kappa shape index (κ2) is 1.55. The largest absolute Gasteiger partial charge is 0.359 e. The fraction of sp³-hybridized carbons (Fsp3) is 0. The first-order valence-electron chi connectivity index (χ1n) is 2.71. The summed E-state index contributed by atoms with van der Waals surface area (Å²) in [5, 5.41) is 7.56. The molecule has 44 valence electrons. The average Bonchev–Trinajstić information content (AvgIpc) is 2.33. The van der Waals surface area contributed by atoms with Gasteiger partial charge in [0, 0.05) is 6.20 Å². The Labute approximate surface area is 52.1 Å². The SMILES string of the molecule is c1c[nH]c2cnnc-2c1. The summed E-state index contributed by atoms with van der Waals surface area (Å²) in [4.78, 5) is 3.01. The molecule has 2 rings (SSSR count). The highest BCUT2D eigenvalue weighted by Crippen LogP contribution is 2.11. The van der Waals surface area contributed by atoms with E-state index >= 15 is 0 Å². The van der Waals surface area contributed by atoms with Crippen LogP contribution in [-0.4, -0.2) is 15.2 Å². The summed E-state index contributed by atoms with van der Waals surface area (Å²) < 4.78 is 0. The number of aromatic nitrogens is 3. The minimum Gasteiger partial charge on any atom is -0.359 e. The van der Waals surface area contributed by atoms with Gasteiger partial charge in [0.15, 0.2) is 0 Å². The number of rotatable bonds is 0. The van der Waals surface area contributed by atoms with Gasteiger partial charge in [-0.3, -0.25) is 0 Å². The second-order valence-electron chi connectivity index (χ2n) is 1.81. The zero-order chi connectivity index (χ0) is 6.10. The van der Waals surface area contributed by atoms with E-state index in [1.54, 1.807) is 6.20 Å². The predicted octanol–water partition coefficient (Wildman–Crippen LogP) is 0.909. The number of hydrogen-bond acceptors (Lipinski definition) is 2. The van der Waals surface area contributed by atoms with Crippen LogP contribution in [0.2, 0.25) is 0 Å². The molecular weight excluding hydrogens is 114 g/mol. The van der Waals surface area contributed by atoms with Crippen LogP contribution in [0.4, 0.5) is 0 Å². The Morgan fingerprint density at radius 3 is 3.33 bits per heavy atom. The Morgan fingerprint density at radius 1 is 1.44 bits per heavy atom. The number of H-pyrrole nitrogens is 1. The lowest BCUT2D eigenvalue weighted by molar-refractivity contribution is 1.10. The Hall–Kier alpha value is -1.38. The molecule has 0 saturated heterocycles. The van der Waals surface area contributed by atoms with Crippen molar-refractivity contribution in [3.05, 3.63) is 24.5 Å². The van der Waals surface area contributed by atoms with Crippen LogP contribution in [0.15, 0.2) is 24.5 Å². The van der Waals surface area contributed by atoms with Crippen molar-refractivity contribution >= 4 is 0 Å². The number of fused-ring (bicyclic) bond motifs is 1. The van der Waals surface area contributed by atoms with E-state index in [1.165, 1.54) is 0 Å². The van der Waals surface area contributed by atoms with Crippen LogP contribution in [0.25, 0.3) is 11.4 Å². The van der Waals surface area contributed by atoms with Crippen LogP contribution in [0.5, 0.6) is 0 Å². The maximum atomic E-state index is 3.84. The first-order valence-corrected chi connectivity index (χ1v) is 2.71. The predicted molar refractivity (Wildman–Crippen MR) is 33.0 cm³/mol. The van der Waals surface area contributed by atoms with E-state index in [2.05, 4.69) is 15.2 Å². The molecule has 0 saturated carbocycles. The van der Waals surface area contributed by atoms with Crippen molar-refractivity contribution in [2.24, 2.45) is 0 Å². The third kappa shape index (κ3) is 0.579. The Bertz CT molecular complexity index is 248. The molecule has 0 bridgehead atoms. The molecule has 2 aliphatic heterocycles. The van der Waals surface area contributed by atoms with Gasteiger partial charge in [-0.15, -0.1) is 5.10 Å². The van der Waals surface area contributed by atoms with E-state index in [-0.39, 0.29) is 0 Å². The number of nitrogens with one attached hydrogen (secondary N) is 1. The van der Waals surface area contributed by atoms with Gasteiger partial charge in [-0.05, 0) is 12.1 Å². The zero-order valence-corrected chi connectivity index (χ0v) is 4.70. The van der Waals surface area contributed by atoms with Crippen LogP contribution >= 0.6 is 0 Å². The van der Waals surface area contributed by atoms with Gasteiger partial charge in [-0.1, -0.05) is 0 Å². The Morgan fingerprint density at radius 2 is 2.44 bits per heavy atom. The summed E-state index contributed by atoms with van der Waals surface area (Å²) in [6.07, 6.45) is 3.56. The number of aromatic amines is 1. The molecule has 9 heavy (non-hydrogen) atoms. The molecule has 0 radical (unpaired) electrons.